The zero-order valence-corrected chi connectivity index (χ0v) is 13.6. The normalized spacial score (nSPS) is 11.2. The number of aromatic amines is 1. The summed E-state index contributed by atoms with van der Waals surface area (Å²) >= 11 is 0. The lowest BCUT2D eigenvalue weighted by Gasteiger charge is -2.10. The Bertz CT molecular complexity index is 918. The summed E-state index contributed by atoms with van der Waals surface area (Å²) in [6.45, 7) is 0. The number of nitrogens with one attached hydrogen (secondary N) is 2. The predicted molar refractivity (Wildman–Crippen MR) is 90.0 cm³/mol. The quantitative estimate of drug-likeness (QED) is 0.726. The molecular weight excluding hydrogens is 347 g/mol. The molecule has 0 atom stereocenters. The minimum atomic E-state index is -4.48. The lowest BCUT2D eigenvalue weighted by Crippen LogP contribution is -2.13. The van der Waals surface area contributed by atoms with Crippen LogP contribution in [0.2, 0.25) is 0 Å². The average molecular weight is 361 g/mol. The standard InChI is InChI=1S/C18H14F3N3O2/c1-26-14-7-5-11(6-8-14)16-15(10-22-24-16)17(25)23-13-4-2-3-12(9-13)18(19,20)21/h2-10H,1H3,(H,22,24)(H,23,25). The number of amides is 1. The number of hydrogen-bond donors (Lipinski definition) is 2. The first-order valence-corrected chi connectivity index (χ1v) is 7.55. The zero-order chi connectivity index (χ0) is 18.7. The number of halogens is 3. The second-order valence-corrected chi connectivity index (χ2v) is 5.42. The molecule has 0 unspecified atom stereocenters. The molecule has 5 nitrogen and oxygen atoms in total. The summed E-state index contributed by atoms with van der Waals surface area (Å²) in [5.74, 6) is 0.0899. The van der Waals surface area contributed by atoms with E-state index >= 15 is 0 Å². The van der Waals surface area contributed by atoms with Crippen molar-refractivity contribution in [3.8, 4) is 17.0 Å². The van der Waals surface area contributed by atoms with Gasteiger partial charge < -0.3 is 10.1 Å². The maximum atomic E-state index is 12.8. The highest BCUT2D eigenvalue weighted by Crippen LogP contribution is 2.31. The summed E-state index contributed by atoms with van der Waals surface area (Å²) in [5, 5.41) is 9.06. The van der Waals surface area contributed by atoms with Gasteiger partial charge in [0, 0.05) is 11.3 Å². The third kappa shape index (κ3) is 3.69. The van der Waals surface area contributed by atoms with Crippen LogP contribution >= 0.6 is 0 Å². The van der Waals surface area contributed by atoms with E-state index in [9.17, 15) is 18.0 Å². The molecule has 1 aromatic heterocycles. The zero-order valence-electron chi connectivity index (χ0n) is 13.6. The van der Waals surface area contributed by atoms with E-state index in [1.54, 1.807) is 31.4 Å². The highest BCUT2D eigenvalue weighted by Gasteiger charge is 2.30. The number of H-pyrrole nitrogens is 1. The molecule has 0 aliphatic heterocycles. The fraction of sp³-hybridized carbons (Fsp3) is 0.111. The van der Waals surface area contributed by atoms with Gasteiger partial charge in [0.15, 0.2) is 0 Å². The van der Waals surface area contributed by atoms with Gasteiger partial charge in [-0.3, -0.25) is 9.89 Å². The number of carbonyl (C=O) groups is 1. The molecular formula is C18H14F3N3O2. The average Bonchev–Trinajstić information content (AvgIpc) is 3.11. The number of rotatable bonds is 4. The van der Waals surface area contributed by atoms with Gasteiger partial charge in [-0.25, -0.2) is 0 Å². The Morgan fingerprint density at radius 2 is 1.88 bits per heavy atom. The molecule has 0 radical (unpaired) electrons. The van der Waals surface area contributed by atoms with Crippen molar-refractivity contribution in [1.82, 2.24) is 10.2 Å². The van der Waals surface area contributed by atoms with Crippen LogP contribution < -0.4 is 10.1 Å². The Morgan fingerprint density at radius 3 is 2.54 bits per heavy atom. The van der Waals surface area contributed by atoms with Gasteiger partial charge >= 0.3 is 6.18 Å². The number of nitrogens with zero attached hydrogens (tertiary/aromatic N) is 1. The van der Waals surface area contributed by atoms with Crippen molar-refractivity contribution in [3.63, 3.8) is 0 Å². The first-order chi connectivity index (χ1) is 12.4. The Morgan fingerprint density at radius 1 is 1.15 bits per heavy atom. The van der Waals surface area contributed by atoms with Crippen LogP contribution in [0.1, 0.15) is 15.9 Å². The van der Waals surface area contributed by atoms with E-state index in [1.165, 1.54) is 18.3 Å². The van der Waals surface area contributed by atoms with Crippen molar-refractivity contribution < 1.29 is 22.7 Å². The first-order valence-electron chi connectivity index (χ1n) is 7.55. The van der Waals surface area contributed by atoms with Gasteiger partial charge in [0.25, 0.3) is 5.91 Å². The Hall–Kier alpha value is -3.29. The second kappa shape index (κ2) is 6.91. The van der Waals surface area contributed by atoms with Crippen LogP contribution in [0.4, 0.5) is 18.9 Å². The van der Waals surface area contributed by atoms with Gasteiger partial charge in [-0.2, -0.15) is 18.3 Å². The number of benzene rings is 2. The second-order valence-electron chi connectivity index (χ2n) is 5.42. The molecule has 3 rings (SSSR count). The molecule has 2 N–H and O–H groups in total. The van der Waals surface area contributed by atoms with Crippen LogP contribution in [0.25, 0.3) is 11.3 Å². The molecule has 134 valence electrons. The molecule has 0 spiro atoms. The smallest absolute Gasteiger partial charge is 0.416 e. The van der Waals surface area contributed by atoms with Crippen molar-refractivity contribution in [1.29, 1.82) is 0 Å². The Kier molecular flexibility index (Phi) is 4.66. The summed E-state index contributed by atoms with van der Waals surface area (Å²) in [6, 6.07) is 11.4. The van der Waals surface area contributed by atoms with Crippen LogP contribution in [0.15, 0.2) is 54.7 Å². The molecule has 0 bridgehead atoms. The molecule has 0 saturated heterocycles. The summed E-state index contributed by atoms with van der Waals surface area (Å²) in [5.41, 5.74) is 0.576. The predicted octanol–water partition coefficient (Wildman–Crippen LogP) is 4.36. The van der Waals surface area contributed by atoms with Gasteiger partial charge in [0.1, 0.15) is 5.75 Å². The third-order valence-corrected chi connectivity index (χ3v) is 3.71. The molecule has 8 heteroatoms. The van der Waals surface area contributed by atoms with E-state index in [4.69, 9.17) is 4.74 Å². The van der Waals surface area contributed by atoms with Crippen molar-refractivity contribution in [3.05, 3.63) is 65.9 Å². The van der Waals surface area contributed by atoms with Gasteiger partial charge in [0.05, 0.1) is 30.1 Å². The number of hydrogen-bond acceptors (Lipinski definition) is 3. The fourth-order valence-corrected chi connectivity index (χ4v) is 2.41. The van der Waals surface area contributed by atoms with E-state index in [-0.39, 0.29) is 11.3 Å². The van der Waals surface area contributed by atoms with Crippen LogP contribution in [0.5, 0.6) is 5.75 Å². The van der Waals surface area contributed by atoms with E-state index in [0.29, 0.717) is 17.0 Å². The number of carbonyl (C=O) groups excluding carboxylic acids is 1. The number of ether oxygens (including phenoxy) is 1. The molecule has 26 heavy (non-hydrogen) atoms. The lowest BCUT2D eigenvalue weighted by atomic mass is 10.1. The number of anilines is 1. The maximum Gasteiger partial charge on any atom is 0.416 e. The van der Waals surface area contributed by atoms with Crippen molar-refractivity contribution in [2.24, 2.45) is 0 Å². The van der Waals surface area contributed by atoms with Gasteiger partial charge in [-0.15, -0.1) is 0 Å². The molecule has 1 amide bonds. The lowest BCUT2D eigenvalue weighted by molar-refractivity contribution is -0.137. The monoisotopic (exact) mass is 361 g/mol. The molecule has 0 saturated carbocycles. The van der Waals surface area contributed by atoms with Gasteiger partial charge in [-0.05, 0) is 42.5 Å². The molecule has 0 fully saturated rings. The SMILES string of the molecule is COc1ccc(-c2[nH]ncc2C(=O)Nc2cccc(C(F)(F)F)c2)cc1. The minimum Gasteiger partial charge on any atom is -0.497 e. The Labute approximate surface area is 146 Å². The summed E-state index contributed by atoms with van der Waals surface area (Å²) in [4.78, 5) is 12.5. The minimum absolute atomic E-state index is 0.0479. The van der Waals surface area contributed by atoms with Crippen LogP contribution in [0, 0.1) is 0 Å². The van der Waals surface area contributed by atoms with E-state index in [2.05, 4.69) is 15.5 Å². The summed E-state index contributed by atoms with van der Waals surface area (Å²) < 4.78 is 43.4. The molecule has 1 heterocycles. The van der Waals surface area contributed by atoms with Gasteiger partial charge in [0.2, 0.25) is 0 Å². The summed E-state index contributed by atoms with van der Waals surface area (Å²) in [6.07, 6.45) is -3.16. The number of methoxy groups -OCH3 is 1. The van der Waals surface area contributed by atoms with E-state index < -0.39 is 17.6 Å². The fourth-order valence-electron chi connectivity index (χ4n) is 2.41. The van der Waals surface area contributed by atoms with E-state index in [0.717, 1.165) is 12.1 Å². The number of aromatic nitrogens is 2. The topological polar surface area (TPSA) is 67.0 Å². The van der Waals surface area contributed by atoms with Crippen molar-refractivity contribution in [2.45, 2.75) is 6.18 Å². The number of alkyl halides is 3. The van der Waals surface area contributed by atoms with Crippen LogP contribution in [0.3, 0.4) is 0 Å². The molecule has 3 aromatic rings. The van der Waals surface area contributed by atoms with E-state index in [1.807, 2.05) is 0 Å². The van der Waals surface area contributed by atoms with Crippen LogP contribution in [-0.2, 0) is 6.18 Å². The van der Waals surface area contributed by atoms with Crippen molar-refractivity contribution in [2.75, 3.05) is 12.4 Å². The molecule has 0 aliphatic rings. The highest BCUT2D eigenvalue weighted by atomic mass is 19.4. The third-order valence-electron chi connectivity index (χ3n) is 3.71. The molecule has 2 aromatic carbocycles. The molecule has 0 aliphatic carbocycles. The van der Waals surface area contributed by atoms with Gasteiger partial charge in [-0.1, -0.05) is 6.07 Å². The maximum absolute atomic E-state index is 12.8. The Balaban J connectivity index is 1.84. The first kappa shape index (κ1) is 17.5. The summed E-state index contributed by atoms with van der Waals surface area (Å²) in [7, 11) is 1.54. The largest absolute Gasteiger partial charge is 0.497 e. The highest BCUT2D eigenvalue weighted by molar-refractivity contribution is 6.08. The van der Waals surface area contributed by atoms with Crippen LogP contribution in [-0.4, -0.2) is 23.2 Å². The van der Waals surface area contributed by atoms with Crippen molar-refractivity contribution >= 4 is 11.6 Å².